The zero-order chi connectivity index (χ0) is 12.9. The first-order valence-corrected chi connectivity index (χ1v) is 3.57. The van der Waals surface area contributed by atoms with Gasteiger partial charge in [0.15, 0.2) is 0 Å². The van der Waals surface area contributed by atoms with E-state index in [-0.39, 0.29) is 39.1 Å². The fraction of sp³-hybridized carbons (Fsp3) is 0.500. The van der Waals surface area contributed by atoms with Gasteiger partial charge in [0.1, 0.15) is 0 Å². The Hall–Kier alpha value is -1.09. The minimum Gasteiger partial charge on any atom is -0.480 e. The molecule has 0 aromatic rings. The molecule has 0 saturated heterocycles. The van der Waals surface area contributed by atoms with Crippen molar-refractivity contribution in [2.45, 2.75) is 0 Å². The predicted molar refractivity (Wildman–Crippen MR) is 50.1 cm³/mol. The fourth-order valence-corrected chi connectivity index (χ4v) is 0. The monoisotopic (exact) mass is 327 g/mol. The smallest absolute Gasteiger partial charge is 0.317 e. The zero-order valence-electron chi connectivity index (χ0n) is 8.27. The molecule has 0 atom stereocenters. The molecule has 0 aromatic heterocycles. The quantitative estimate of drug-likeness (QED) is 0.295. The number of carbonyl (C=O) groups is 3. The molecule has 0 aliphatic rings. The molecule has 0 radical (unpaired) electrons. The van der Waals surface area contributed by atoms with Crippen LogP contribution in [0.2, 0.25) is 0 Å². The van der Waals surface area contributed by atoms with E-state index in [9.17, 15) is 14.4 Å². The van der Waals surface area contributed by atoms with E-state index in [1.54, 1.807) is 0 Å². The number of rotatable bonds is 3. The summed E-state index contributed by atoms with van der Waals surface area (Å²) in [5.74, 6) is -2.90. The Balaban J connectivity index is -0.0000000655. The number of aliphatic carboxylic acids is 3. The zero-order valence-corrected chi connectivity index (χ0v) is 10.0. The third kappa shape index (κ3) is 75.9. The molecule has 0 aliphatic carbocycles. The Labute approximate surface area is 104 Å². The Morgan fingerprint density at radius 2 is 0.750 bits per heavy atom. The van der Waals surface area contributed by atoms with Crippen LogP contribution in [0.1, 0.15) is 0 Å². The van der Waals surface area contributed by atoms with Gasteiger partial charge in [0, 0.05) is 19.5 Å². The van der Waals surface area contributed by atoms with E-state index < -0.39 is 17.9 Å². The summed E-state index contributed by atoms with van der Waals surface area (Å²) in [5, 5.41) is 22.8. The first-order valence-electron chi connectivity index (χ1n) is 3.57. The molecule has 0 saturated carbocycles. The SMILES string of the molecule is NCC(=O)O.NCC(=O)O.NCC(=O)O.[Ru]. The van der Waals surface area contributed by atoms with E-state index in [4.69, 9.17) is 15.3 Å². The second-order valence-corrected chi connectivity index (χ2v) is 1.79. The average Bonchev–Trinajstić information content (AvgIpc) is 2.19. The van der Waals surface area contributed by atoms with Crippen LogP contribution < -0.4 is 17.2 Å². The topological polar surface area (TPSA) is 190 Å². The largest absolute Gasteiger partial charge is 0.480 e. The van der Waals surface area contributed by atoms with Gasteiger partial charge in [-0.2, -0.15) is 0 Å². The third-order valence-electron chi connectivity index (χ3n) is 0.524. The second kappa shape index (κ2) is 19.5. The van der Waals surface area contributed by atoms with E-state index in [1.807, 2.05) is 0 Å². The maximum Gasteiger partial charge on any atom is 0.317 e. The van der Waals surface area contributed by atoms with Crippen LogP contribution in [0.4, 0.5) is 0 Å². The Kier molecular flexibility index (Phi) is 29.5. The van der Waals surface area contributed by atoms with E-state index in [0.717, 1.165) is 0 Å². The van der Waals surface area contributed by atoms with Gasteiger partial charge in [-0.3, -0.25) is 14.4 Å². The number of hydrogen-bond donors (Lipinski definition) is 6. The van der Waals surface area contributed by atoms with E-state index in [0.29, 0.717) is 0 Å². The Morgan fingerprint density at radius 1 is 0.688 bits per heavy atom. The number of carboxylic acids is 3. The van der Waals surface area contributed by atoms with E-state index in [1.165, 1.54) is 0 Å². The van der Waals surface area contributed by atoms with E-state index >= 15 is 0 Å². The summed E-state index contributed by atoms with van der Waals surface area (Å²) in [6.07, 6.45) is 0. The number of carboxylic acid groups (broad SMARTS) is 3. The van der Waals surface area contributed by atoms with E-state index in [2.05, 4.69) is 17.2 Å². The summed E-state index contributed by atoms with van der Waals surface area (Å²) in [4.78, 5) is 27.7. The molecule has 0 bridgehead atoms. The first-order chi connectivity index (χ1) is 6.81. The molecular weight excluding hydrogens is 311 g/mol. The standard InChI is InChI=1S/3C2H5NO2.Ru/c3*3-1-2(4)5;/h3*1,3H2,(H,4,5);. The van der Waals surface area contributed by atoms with Crippen molar-refractivity contribution in [1.82, 2.24) is 0 Å². The molecule has 0 spiro atoms. The molecule has 0 aliphatic heterocycles. The maximum absolute atomic E-state index is 9.24. The summed E-state index contributed by atoms with van der Waals surface area (Å²) >= 11 is 0. The van der Waals surface area contributed by atoms with Crippen LogP contribution in [0.15, 0.2) is 0 Å². The molecule has 0 rings (SSSR count). The van der Waals surface area contributed by atoms with Crippen molar-refractivity contribution >= 4 is 17.9 Å². The molecule has 0 fully saturated rings. The molecule has 0 unspecified atom stereocenters. The predicted octanol–water partition coefficient (Wildman–Crippen LogP) is -2.91. The van der Waals surface area contributed by atoms with Crippen molar-refractivity contribution in [2.75, 3.05) is 19.6 Å². The molecule has 10 heteroatoms. The molecular formula is C6H15N3O6Ru. The van der Waals surface area contributed by atoms with Crippen LogP contribution in [0.25, 0.3) is 0 Å². The Morgan fingerprint density at radius 3 is 0.750 bits per heavy atom. The molecule has 9 nitrogen and oxygen atoms in total. The van der Waals surface area contributed by atoms with Crippen LogP contribution in [0, 0.1) is 0 Å². The van der Waals surface area contributed by atoms with Gasteiger partial charge in [0.2, 0.25) is 0 Å². The van der Waals surface area contributed by atoms with Gasteiger partial charge >= 0.3 is 17.9 Å². The third-order valence-corrected chi connectivity index (χ3v) is 0.524. The van der Waals surface area contributed by atoms with Crippen molar-refractivity contribution in [3.63, 3.8) is 0 Å². The number of hydrogen-bond acceptors (Lipinski definition) is 6. The summed E-state index contributed by atoms with van der Waals surface area (Å²) in [6.45, 7) is -0.833. The summed E-state index contributed by atoms with van der Waals surface area (Å²) < 4.78 is 0. The van der Waals surface area contributed by atoms with Gasteiger partial charge in [-0.25, -0.2) is 0 Å². The normalized spacial score (nSPS) is 6.94. The van der Waals surface area contributed by atoms with Crippen LogP contribution >= 0.6 is 0 Å². The van der Waals surface area contributed by atoms with Gasteiger partial charge in [-0.15, -0.1) is 0 Å². The van der Waals surface area contributed by atoms with Crippen LogP contribution in [0.5, 0.6) is 0 Å². The number of nitrogens with two attached hydrogens (primary N) is 3. The molecule has 16 heavy (non-hydrogen) atoms. The van der Waals surface area contributed by atoms with Gasteiger partial charge in [0.25, 0.3) is 0 Å². The van der Waals surface area contributed by atoms with Gasteiger partial charge < -0.3 is 32.5 Å². The molecule has 0 amide bonds. The average molecular weight is 326 g/mol. The van der Waals surface area contributed by atoms with Gasteiger partial charge in [-0.1, -0.05) is 0 Å². The van der Waals surface area contributed by atoms with Crippen molar-refractivity contribution in [3.8, 4) is 0 Å². The van der Waals surface area contributed by atoms with Crippen LogP contribution in [0.3, 0.4) is 0 Å². The summed E-state index contributed by atoms with van der Waals surface area (Å²) in [6, 6.07) is 0. The van der Waals surface area contributed by atoms with Crippen LogP contribution in [-0.4, -0.2) is 52.9 Å². The van der Waals surface area contributed by atoms with Crippen LogP contribution in [-0.2, 0) is 33.9 Å². The minimum atomic E-state index is -0.968. The molecule has 9 N–H and O–H groups in total. The van der Waals surface area contributed by atoms with Crippen molar-refractivity contribution in [3.05, 3.63) is 0 Å². The van der Waals surface area contributed by atoms with Gasteiger partial charge in [-0.05, 0) is 0 Å². The molecule has 0 aromatic carbocycles. The van der Waals surface area contributed by atoms with Gasteiger partial charge in [0.05, 0.1) is 19.6 Å². The van der Waals surface area contributed by atoms with Crippen molar-refractivity contribution < 1.29 is 49.2 Å². The molecule has 98 valence electrons. The summed E-state index contributed by atoms with van der Waals surface area (Å²) in [5.41, 5.74) is 13.7. The fourth-order valence-electron chi connectivity index (χ4n) is 0. The summed E-state index contributed by atoms with van der Waals surface area (Å²) in [7, 11) is 0. The first kappa shape index (κ1) is 24.2. The van der Waals surface area contributed by atoms with Crippen molar-refractivity contribution in [1.29, 1.82) is 0 Å². The Bertz CT molecular complexity index is 167. The minimum absolute atomic E-state index is 0. The van der Waals surface area contributed by atoms with Crippen molar-refractivity contribution in [2.24, 2.45) is 17.2 Å². The maximum atomic E-state index is 9.24. The molecule has 0 heterocycles. The second-order valence-electron chi connectivity index (χ2n) is 1.79.